The topological polar surface area (TPSA) is 115 Å². The average Bonchev–Trinajstić information content (AvgIpc) is 3.45. The zero-order valence-corrected chi connectivity index (χ0v) is 21.0. The van der Waals surface area contributed by atoms with Crippen LogP contribution in [0.5, 0.6) is 5.75 Å². The molecular weight excluding hydrogens is 473 g/mol. The number of nitrogens with one attached hydrogen (secondary N) is 3. The standard InChI is InChI=1S/C27H30FN7O2/c1-16-5-6-21(17(12-16)15-29)32-25-19-13-20(28)24(37-2)14-23(19)33-27(34-25)35-10-7-18(8-11-35)31-26(36)22-4-3-9-30-22/h5-6,12-14,18,22,30H,3-4,7-11H2,1-2H3,(H,31,36)(H,32,33,34). The van der Waals surface area contributed by atoms with Crippen molar-refractivity contribution in [1.29, 1.82) is 5.26 Å². The van der Waals surface area contributed by atoms with Gasteiger partial charge in [-0.05, 0) is 62.9 Å². The normalized spacial score (nSPS) is 18.0. The number of piperidine rings is 1. The Morgan fingerprint density at radius 3 is 2.73 bits per heavy atom. The fraction of sp³-hybridized carbons (Fsp3) is 0.407. The zero-order valence-electron chi connectivity index (χ0n) is 21.0. The molecule has 2 aliphatic rings. The van der Waals surface area contributed by atoms with Crippen LogP contribution in [-0.2, 0) is 4.79 Å². The van der Waals surface area contributed by atoms with Gasteiger partial charge in [-0.3, -0.25) is 4.79 Å². The van der Waals surface area contributed by atoms with Crippen molar-refractivity contribution >= 4 is 34.3 Å². The number of amides is 1. The molecule has 2 saturated heterocycles. The third kappa shape index (κ3) is 5.27. The molecular formula is C27H30FN7O2. The van der Waals surface area contributed by atoms with Crippen molar-refractivity contribution < 1.29 is 13.9 Å². The monoisotopic (exact) mass is 503 g/mol. The molecule has 0 radical (unpaired) electrons. The third-order valence-electron chi connectivity index (χ3n) is 7.01. The van der Waals surface area contributed by atoms with E-state index in [0.29, 0.717) is 47.0 Å². The van der Waals surface area contributed by atoms with Gasteiger partial charge in [0.2, 0.25) is 11.9 Å². The largest absolute Gasteiger partial charge is 0.494 e. The van der Waals surface area contributed by atoms with E-state index in [1.54, 1.807) is 12.1 Å². The molecule has 3 heterocycles. The second-order valence-electron chi connectivity index (χ2n) is 9.58. The molecule has 5 rings (SSSR count). The second kappa shape index (κ2) is 10.6. The molecule has 0 aliphatic carbocycles. The van der Waals surface area contributed by atoms with E-state index in [-0.39, 0.29) is 23.7 Å². The lowest BCUT2D eigenvalue weighted by Gasteiger charge is -2.33. The summed E-state index contributed by atoms with van der Waals surface area (Å²) in [4.78, 5) is 24.0. The van der Waals surface area contributed by atoms with Gasteiger partial charge in [-0.15, -0.1) is 0 Å². The van der Waals surface area contributed by atoms with Crippen LogP contribution in [-0.4, -0.2) is 54.7 Å². The van der Waals surface area contributed by atoms with Crippen LogP contribution < -0.4 is 25.6 Å². The number of methoxy groups -OCH3 is 1. The van der Waals surface area contributed by atoms with Crippen molar-refractivity contribution in [2.45, 2.75) is 44.7 Å². The summed E-state index contributed by atoms with van der Waals surface area (Å²) in [7, 11) is 1.41. The van der Waals surface area contributed by atoms with Crippen molar-refractivity contribution in [3.05, 3.63) is 47.3 Å². The number of benzene rings is 2. The third-order valence-corrected chi connectivity index (χ3v) is 7.01. The molecule has 1 aromatic heterocycles. The summed E-state index contributed by atoms with van der Waals surface area (Å²) in [5.74, 6) is 0.552. The van der Waals surface area contributed by atoms with Crippen molar-refractivity contribution in [3.63, 3.8) is 0 Å². The van der Waals surface area contributed by atoms with E-state index in [1.807, 2.05) is 19.1 Å². The Balaban J connectivity index is 1.41. The van der Waals surface area contributed by atoms with Crippen LogP contribution in [0.4, 0.5) is 21.8 Å². The first-order chi connectivity index (χ1) is 17.9. The van der Waals surface area contributed by atoms with E-state index >= 15 is 0 Å². The average molecular weight is 504 g/mol. The number of carbonyl (C=O) groups excluding carboxylic acids is 1. The summed E-state index contributed by atoms with van der Waals surface area (Å²) < 4.78 is 19.8. The minimum absolute atomic E-state index is 0.0740. The van der Waals surface area contributed by atoms with Gasteiger partial charge in [0.25, 0.3) is 0 Å². The van der Waals surface area contributed by atoms with E-state index in [9.17, 15) is 14.4 Å². The highest BCUT2D eigenvalue weighted by molar-refractivity contribution is 5.93. The lowest BCUT2D eigenvalue weighted by atomic mass is 10.0. The number of fused-ring (bicyclic) bond motifs is 1. The fourth-order valence-corrected chi connectivity index (χ4v) is 4.93. The fourth-order valence-electron chi connectivity index (χ4n) is 4.93. The van der Waals surface area contributed by atoms with Crippen molar-refractivity contribution in [2.24, 2.45) is 0 Å². The summed E-state index contributed by atoms with van der Waals surface area (Å²) in [6.45, 7) is 4.14. The Labute approximate surface area is 215 Å². The number of halogens is 1. The van der Waals surface area contributed by atoms with Crippen LogP contribution in [0.1, 0.15) is 36.8 Å². The van der Waals surface area contributed by atoms with Gasteiger partial charge in [0.1, 0.15) is 11.9 Å². The molecule has 3 aromatic rings. The smallest absolute Gasteiger partial charge is 0.237 e. The van der Waals surface area contributed by atoms with Crippen LogP contribution in [0.25, 0.3) is 10.9 Å². The number of hydrogen-bond donors (Lipinski definition) is 3. The van der Waals surface area contributed by atoms with Crippen LogP contribution in [0, 0.1) is 24.1 Å². The van der Waals surface area contributed by atoms with Crippen molar-refractivity contribution in [1.82, 2.24) is 20.6 Å². The maximum Gasteiger partial charge on any atom is 0.237 e. The lowest BCUT2D eigenvalue weighted by Crippen LogP contribution is -2.49. The van der Waals surface area contributed by atoms with E-state index < -0.39 is 5.82 Å². The number of aromatic nitrogens is 2. The first-order valence-corrected chi connectivity index (χ1v) is 12.6. The van der Waals surface area contributed by atoms with Gasteiger partial charge in [-0.25, -0.2) is 9.37 Å². The molecule has 2 fully saturated rings. The van der Waals surface area contributed by atoms with Gasteiger partial charge in [0.15, 0.2) is 11.6 Å². The summed E-state index contributed by atoms with van der Waals surface area (Å²) in [5, 5.41) is 19.8. The summed E-state index contributed by atoms with van der Waals surface area (Å²) in [6.07, 6.45) is 3.45. The summed E-state index contributed by atoms with van der Waals surface area (Å²) >= 11 is 0. The Kier molecular flexibility index (Phi) is 7.06. The number of nitriles is 1. The number of aryl methyl sites for hydroxylation is 1. The van der Waals surface area contributed by atoms with Gasteiger partial charge in [0, 0.05) is 30.6 Å². The van der Waals surface area contributed by atoms with E-state index in [2.05, 4.69) is 26.9 Å². The number of anilines is 3. The summed E-state index contributed by atoms with van der Waals surface area (Å²) in [5.41, 5.74) is 2.54. The van der Waals surface area contributed by atoms with Crippen LogP contribution in [0.2, 0.25) is 0 Å². The molecule has 1 unspecified atom stereocenters. The molecule has 3 N–H and O–H groups in total. The Morgan fingerprint density at radius 1 is 1.22 bits per heavy atom. The summed E-state index contributed by atoms with van der Waals surface area (Å²) in [6, 6.07) is 10.6. The Bertz CT molecular complexity index is 1360. The van der Waals surface area contributed by atoms with E-state index in [0.717, 1.165) is 37.8 Å². The molecule has 2 aliphatic heterocycles. The Morgan fingerprint density at radius 2 is 2.03 bits per heavy atom. The number of carbonyl (C=O) groups is 1. The zero-order chi connectivity index (χ0) is 25.9. The van der Waals surface area contributed by atoms with Gasteiger partial charge >= 0.3 is 0 Å². The van der Waals surface area contributed by atoms with Crippen LogP contribution >= 0.6 is 0 Å². The van der Waals surface area contributed by atoms with Crippen molar-refractivity contribution in [3.8, 4) is 11.8 Å². The minimum Gasteiger partial charge on any atom is -0.494 e. The molecule has 0 saturated carbocycles. The number of hydrogen-bond acceptors (Lipinski definition) is 8. The quantitative estimate of drug-likeness (QED) is 0.468. The Hall–Kier alpha value is -3.97. The first-order valence-electron chi connectivity index (χ1n) is 12.6. The van der Waals surface area contributed by atoms with Crippen molar-refractivity contribution in [2.75, 3.05) is 37.0 Å². The molecule has 0 spiro atoms. The number of nitrogens with zero attached hydrogens (tertiary/aromatic N) is 4. The number of ether oxygens (including phenoxy) is 1. The predicted molar refractivity (Wildman–Crippen MR) is 140 cm³/mol. The lowest BCUT2D eigenvalue weighted by molar-refractivity contribution is -0.123. The van der Waals surface area contributed by atoms with E-state index in [1.165, 1.54) is 13.2 Å². The minimum atomic E-state index is -0.521. The maximum atomic E-state index is 14.6. The molecule has 1 atom stereocenters. The first kappa shape index (κ1) is 24.7. The highest BCUT2D eigenvalue weighted by Gasteiger charge is 2.27. The molecule has 0 bridgehead atoms. The highest BCUT2D eigenvalue weighted by atomic mass is 19.1. The molecule has 10 heteroatoms. The van der Waals surface area contributed by atoms with Crippen LogP contribution in [0.3, 0.4) is 0 Å². The number of rotatable bonds is 6. The predicted octanol–water partition coefficient (Wildman–Crippen LogP) is 3.54. The van der Waals surface area contributed by atoms with E-state index in [4.69, 9.17) is 14.7 Å². The van der Waals surface area contributed by atoms with Crippen LogP contribution in [0.15, 0.2) is 30.3 Å². The van der Waals surface area contributed by atoms with Gasteiger partial charge in [0.05, 0.1) is 29.9 Å². The maximum absolute atomic E-state index is 14.6. The highest BCUT2D eigenvalue weighted by Crippen LogP contribution is 2.32. The molecule has 2 aromatic carbocycles. The molecule has 37 heavy (non-hydrogen) atoms. The van der Waals surface area contributed by atoms with Gasteiger partial charge in [-0.1, -0.05) is 6.07 Å². The molecule has 192 valence electrons. The van der Waals surface area contributed by atoms with Gasteiger partial charge in [-0.2, -0.15) is 10.2 Å². The van der Waals surface area contributed by atoms with Gasteiger partial charge < -0.3 is 25.6 Å². The molecule has 1 amide bonds. The SMILES string of the molecule is COc1cc2nc(N3CCC(NC(=O)C4CCCN4)CC3)nc(Nc3ccc(C)cc3C#N)c2cc1F. The second-order valence-corrected chi connectivity index (χ2v) is 9.58. The molecule has 9 nitrogen and oxygen atoms in total.